The highest BCUT2D eigenvalue weighted by atomic mass is 32.2. The van der Waals surface area contributed by atoms with E-state index in [0.29, 0.717) is 23.3 Å². The van der Waals surface area contributed by atoms with Gasteiger partial charge in [-0.15, -0.1) is 10.2 Å². The predicted molar refractivity (Wildman–Crippen MR) is 66.9 cm³/mol. The molecule has 1 heterocycles. The molecule has 0 aliphatic rings. The van der Waals surface area contributed by atoms with Crippen molar-refractivity contribution in [2.75, 3.05) is 5.75 Å². The second-order valence-electron chi connectivity index (χ2n) is 4.71. The summed E-state index contributed by atoms with van der Waals surface area (Å²) in [4.78, 5) is 11.5. The summed E-state index contributed by atoms with van der Waals surface area (Å²) in [6.07, 6.45) is 1.18. The molecule has 0 unspecified atom stereocenters. The van der Waals surface area contributed by atoms with Crippen LogP contribution in [-0.4, -0.2) is 27.4 Å². The van der Waals surface area contributed by atoms with Gasteiger partial charge in [-0.05, 0) is 20.8 Å². The standard InChI is InChI=1S/C11H19N3O2S/c1-5-9-13-14-10(16-9)17-7-6-8(15)12-11(2,3)4/h5-7H2,1-4H3,(H,12,15). The largest absolute Gasteiger partial charge is 0.416 e. The van der Waals surface area contributed by atoms with Crippen molar-refractivity contribution in [3.05, 3.63) is 5.89 Å². The average molecular weight is 257 g/mol. The van der Waals surface area contributed by atoms with Gasteiger partial charge in [0.2, 0.25) is 11.8 Å². The summed E-state index contributed by atoms with van der Waals surface area (Å²) in [6.45, 7) is 7.84. The van der Waals surface area contributed by atoms with Gasteiger partial charge in [-0.25, -0.2) is 0 Å². The number of hydrogen-bond donors (Lipinski definition) is 1. The second kappa shape index (κ2) is 6.05. The van der Waals surface area contributed by atoms with E-state index in [-0.39, 0.29) is 11.4 Å². The highest BCUT2D eigenvalue weighted by molar-refractivity contribution is 7.99. The third-order valence-corrected chi connectivity index (χ3v) is 2.64. The Balaban J connectivity index is 2.26. The van der Waals surface area contributed by atoms with Gasteiger partial charge in [-0.2, -0.15) is 0 Å². The zero-order valence-electron chi connectivity index (χ0n) is 10.7. The van der Waals surface area contributed by atoms with E-state index in [1.807, 2.05) is 27.7 Å². The van der Waals surface area contributed by atoms with Crippen LogP contribution in [0.4, 0.5) is 0 Å². The van der Waals surface area contributed by atoms with Crippen LogP contribution < -0.4 is 5.32 Å². The van der Waals surface area contributed by atoms with Gasteiger partial charge in [0.1, 0.15) is 0 Å². The van der Waals surface area contributed by atoms with E-state index >= 15 is 0 Å². The zero-order valence-corrected chi connectivity index (χ0v) is 11.6. The first-order chi connectivity index (χ1) is 7.90. The van der Waals surface area contributed by atoms with Crippen LogP contribution in [0, 0.1) is 0 Å². The van der Waals surface area contributed by atoms with E-state index in [9.17, 15) is 4.79 Å². The normalized spacial score (nSPS) is 11.5. The van der Waals surface area contributed by atoms with E-state index in [0.717, 1.165) is 6.42 Å². The van der Waals surface area contributed by atoms with Crippen LogP contribution in [0.2, 0.25) is 0 Å². The zero-order chi connectivity index (χ0) is 12.9. The maximum Gasteiger partial charge on any atom is 0.276 e. The summed E-state index contributed by atoms with van der Waals surface area (Å²) in [5.41, 5.74) is -0.179. The third kappa shape index (κ3) is 5.72. The molecule has 96 valence electrons. The van der Waals surface area contributed by atoms with Crippen LogP contribution in [0.15, 0.2) is 9.64 Å². The van der Waals surface area contributed by atoms with Crippen molar-refractivity contribution in [2.24, 2.45) is 0 Å². The maximum atomic E-state index is 11.5. The van der Waals surface area contributed by atoms with E-state index in [1.54, 1.807) is 0 Å². The van der Waals surface area contributed by atoms with Crippen LogP contribution in [0.1, 0.15) is 40.0 Å². The van der Waals surface area contributed by atoms with Crippen molar-refractivity contribution in [1.82, 2.24) is 15.5 Å². The van der Waals surface area contributed by atoms with Gasteiger partial charge in [0.05, 0.1) is 0 Å². The Kier molecular flexibility index (Phi) is 4.99. The lowest BCUT2D eigenvalue weighted by molar-refractivity contribution is -0.122. The van der Waals surface area contributed by atoms with Crippen molar-refractivity contribution >= 4 is 17.7 Å². The minimum Gasteiger partial charge on any atom is -0.416 e. The first-order valence-electron chi connectivity index (χ1n) is 5.67. The lowest BCUT2D eigenvalue weighted by Gasteiger charge is -2.20. The first kappa shape index (κ1) is 14.0. The molecule has 0 aromatic carbocycles. The van der Waals surface area contributed by atoms with E-state index in [2.05, 4.69) is 15.5 Å². The van der Waals surface area contributed by atoms with Crippen molar-refractivity contribution in [3.8, 4) is 0 Å². The number of carbonyl (C=O) groups is 1. The highest BCUT2D eigenvalue weighted by Gasteiger charge is 2.13. The summed E-state index contributed by atoms with van der Waals surface area (Å²) >= 11 is 1.41. The molecule has 0 saturated carbocycles. The van der Waals surface area contributed by atoms with E-state index < -0.39 is 0 Å². The number of nitrogens with zero attached hydrogens (tertiary/aromatic N) is 2. The Morgan fingerprint density at radius 1 is 1.41 bits per heavy atom. The molecule has 0 atom stereocenters. The topological polar surface area (TPSA) is 68.0 Å². The Labute approximate surface area is 106 Å². The lowest BCUT2D eigenvalue weighted by Crippen LogP contribution is -2.40. The number of rotatable bonds is 5. The second-order valence-corrected chi connectivity index (χ2v) is 5.76. The number of thioether (sulfide) groups is 1. The van der Waals surface area contributed by atoms with Gasteiger partial charge in [-0.1, -0.05) is 18.7 Å². The molecule has 0 radical (unpaired) electrons. The fourth-order valence-electron chi connectivity index (χ4n) is 1.15. The van der Waals surface area contributed by atoms with Crippen LogP contribution in [0.25, 0.3) is 0 Å². The molecule has 0 bridgehead atoms. The van der Waals surface area contributed by atoms with Crippen molar-refractivity contribution in [3.63, 3.8) is 0 Å². The fourth-order valence-corrected chi connectivity index (χ4v) is 1.87. The number of hydrogen-bond acceptors (Lipinski definition) is 5. The molecule has 0 aliphatic carbocycles. The highest BCUT2D eigenvalue weighted by Crippen LogP contribution is 2.17. The Morgan fingerprint density at radius 3 is 2.65 bits per heavy atom. The summed E-state index contributed by atoms with van der Waals surface area (Å²) in [5.74, 6) is 1.32. The molecule has 6 heteroatoms. The van der Waals surface area contributed by atoms with E-state index in [4.69, 9.17) is 4.42 Å². The van der Waals surface area contributed by atoms with Crippen LogP contribution >= 0.6 is 11.8 Å². The van der Waals surface area contributed by atoms with Crippen LogP contribution in [0.5, 0.6) is 0 Å². The Morgan fingerprint density at radius 2 is 2.12 bits per heavy atom. The maximum absolute atomic E-state index is 11.5. The summed E-state index contributed by atoms with van der Waals surface area (Å²) < 4.78 is 5.32. The predicted octanol–water partition coefficient (Wildman–Crippen LogP) is 2.03. The molecule has 1 aromatic heterocycles. The molecule has 0 spiro atoms. The van der Waals surface area contributed by atoms with Crippen molar-refractivity contribution in [1.29, 1.82) is 0 Å². The molecule has 1 amide bonds. The Bertz CT molecular complexity index is 371. The number of nitrogens with one attached hydrogen (secondary N) is 1. The minimum absolute atomic E-state index is 0.0419. The van der Waals surface area contributed by atoms with Crippen molar-refractivity contribution < 1.29 is 9.21 Å². The SMILES string of the molecule is CCc1nnc(SCCC(=O)NC(C)(C)C)o1. The average Bonchev–Trinajstić information content (AvgIpc) is 2.63. The molecular weight excluding hydrogens is 238 g/mol. The van der Waals surface area contributed by atoms with Gasteiger partial charge >= 0.3 is 0 Å². The quantitative estimate of drug-likeness (QED) is 0.817. The number of aryl methyl sites for hydroxylation is 1. The molecule has 1 aromatic rings. The van der Waals surface area contributed by atoms with Gasteiger partial charge in [0, 0.05) is 24.1 Å². The minimum atomic E-state index is -0.179. The fraction of sp³-hybridized carbons (Fsp3) is 0.727. The smallest absolute Gasteiger partial charge is 0.276 e. The Hall–Kier alpha value is -1.04. The molecule has 0 aliphatic heterocycles. The molecule has 1 N–H and O–H groups in total. The van der Waals surface area contributed by atoms with E-state index in [1.165, 1.54) is 11.8 Å². The monoisotopic (exact) mass is 257 g/mol. The number of carbonyl (C=O) groups excluding carboxylic acids is 1. The molecule has 0 saturated heterocycles. The summed E-state index contributed by atoms with van der Waals surface area (Å²) in [6, 6.07) is 0. The molecule has 5 nitrogen and oxygen atoms in total. The van der Waals surface area contributed by atoms with Gasteiger partial charge in [0.25, 0.3) is 5.22 Å². The van der Waals surface area contributed by atoms with Crippen LogP contribution in [0.3, 0.4) is 0 Å². The molecule has 17 heavy (non-hydrogen) atoms. The summed E-state index contributed by atoms with van der Waals surface area (Å²) in [5, 5.41) is 11.2. The van der Waals surface area contributed by atoms with Gasteiger partial charge in [0.15, 0.2) is 0 Å². The molecule has 1 rings (SSSR count). The third-order valence-electron chi connectivity index (χ3n) is 1.82. The number of aromatic nitrogens is 2. The number of amides is 1. The molecular formula is C11H19N3O2S. The van der Waals surface area contributed by atoms with Crippen molar-refractivity contribution in [2.45, 2.75) is 51.3 Å². The summed E-state index contributed by atoms with van der Waals surface area (Å²) in [7, 11) is 0. The van der Waals surface area contributed by atoms with Crippen LogP contribution in [-0.2, 0) is 11.2 Å². The lowest BCUT2D eigenvalue weighted by atomic mass is 10.1. The first-order valence-corrected chi connectivity index (χ1v) is 6.65. The van der Waals surface area contributed by atoms with Gasteiger partial charge in [-0.3, -0.25) is 4.79 Å². The molecule has 0 fully saturated rings. The van der Waals surface area contributed by atoms with Gasteiger partial charge < -0.3 is 9.73 Å².